The predicted octanol–water partition coefficient (Wildman–Crippen LogP) is 1.48. The van der Waals surface area contributed by atoms with E-state index in [2.05, 4.69) is 37.9 Å². The monoisotopic (exact) mass is 214 g/mol. The van der Waals surface area contributed by atoms with Gasteiger partial charge in [-0.25, -0.2) is 0 Å². The van der Waals surface area contributed by atoms with E-state index in [1.165, 1.54) is 6.42 Å². The van der Waals surface area contributed by atoms with Gasteiger partial charge in [-0.3, -0.25) is 4.90 Å². The minimum Gasteiger partial charge on any atom is -0.373 e. The molecule has 1 saturated heterocycles. The molecule has 0 bridgehead atoms. The smallest absolute Gasteiger partial charge is 0.0678 e. The Kier molecular flexibility index (Phi) is 5.03. The van der Waals surface area contributed by atoms with Gasteiger partial charge in [0.2, 0.25) is 0 Å². The molecule has 1 fully saturated rings. The molecule has 3 nitrogen and oxygen atoms in total. The second-order valence-electron chi connectivity index (χ2n) is 4.99. The van der Waals surface area contributed by atoms with Crippen LogP contribution >= 0.6 is 0 Å². The molecule has 1 N–H and O–H groups in total. The van der Waals surface area contributed by atoms with Gasteiger partial charge in [0.1, 0.15) is 0 Å². The summed E-state index contributed by atoms with van der Waals surface area (Å²) in [6.45, 7) is 11.0. The minimum absolute atomic E-state index is 0.376. The summed E-state index contributed by atoms with van der Waals surface area (Å²) < 4.78 is 5.74. The molecule has 0 aromatic rings. The van der Waals surface area contributed by atoms with E-state index in [4.69, 9.17) is 4.74 Å². The lowest BCUT2D eigenvalue weighted by Gasteiger charge is -2.39. The molecule has 90 valence electrons. The highest BCUT2D eigenvalue weighted by atomic mass is 16.5. The molecular formula is C12H26N2O. The van der Waals surface area contributed by atoms with Crippen LogP contribution in [-0.4, -0.2) is 49.3 Å². The van der Waals surface area contributed by atoms with Crippen LogP contribution in [0, 0.1) is 0 Å². The molecule has 0 spiro atoms. The number of rotatable bonds is 4. The Balaban J connectivity index is 2.40. The van der Waals surface area contributed by atoms with Crippen molar-refractivity contribution in [3.05, 3.63) is 0 Å². The molecule has 4 unspecified atom stereocenters. The molecule has 15 heavy (non-hydrogen) atoms. The van der Waals surface area contributed by atoms with Crippen molar-refractivity contribution in [1.29, 1.82) is 0 Å². The molecule has 4 atom stereocenters. The summed E-state index contributed by atoms with van der Waals surface area (Å²) in [6.07, 6.45) is 1.96. The van der Waals surface area contributed by atoms with E-state index in [0.29, 0.717) is 24.3 Å². The number of nitrogens with zero attached hydrogens (tertiary/aromatic N) is 1. The van der Waals surface area contributed by atoms with Crippen molar-refractivity contribution in [2.45, 2.75) is 58.4 Å². The Bertz CT molecular complexity index is 176. The van der Waals surface area contributed by atoms with Gasteiger partial charge in [-0.05, 0) is 41.2 Å². The van der Waals surface area contributed by atoms with Gasteiger partial charge in [0.05, 0.1) is 12.2 Å². The van der Waals surface area contributed by atoms with Crippen LogP contribution in [0.15, 0.2) is 0 Å². The lowest BCUT2D eigenvalue weighted by Crippen LogP contribution is -2.50. The largest absolute Gasteiger partial charge is 0.373 e. The van der Waals surface area contributed by atoms with Crippen LogP contribution in [0.4, 0.5) is 0 Å². The zero-order valence-corrected chi connectivity index (χ0v) is 10.8. The minimum atomic E-state index is 0.376. The summed E-state index contributed by atoms with van der Waals surface area (Å²) in [7, 11) is 2.03. The molecule has 0 aromatic heterocycles. The lowest BCUT2D eigenvalue weighted by molar-refractivity contribution is -0.0797. The number of hydrogen-bond donors (Lipinski definition) is 1. The normalized spacial score (nSPS) is 32.6. The molecule has 0 amide bonds. The maximum atomic E-state index is 5.74. The maximum absolute atomic E-state index is 5.74. The van der Waals surface area contributed by atoms with E-state index in [9.17, 15) is 0 Å². The topological polar surface area (TPSA) is 24.5 Å². The van der Waals surface area contributed by atoms with Gasteiger partial charge in [0.25, 0.3) is 0 Å². The van der Waals surface area contributed by atoms with Crippen LogP contribution in [0.5, 0.6) is 0 Å². The third-order valence-corrected chi connectivity index (χ3v) is 3.26. The fraction of sp³-hybridized carbons (Fsp3) is 1.00. The van der Waals surface area contributed by atoms with Crippen molar-refractivity contribution in [3.63, 3.8) is 0 Å². The van der Waals surface area contributed by atoms with Gasteiger partial charge in [-0.2, -0.15) is 0 Å². The average molecular weight is 214 g/mol. The molecule has 1 aliphatic heterocycles. The van der Waals surface area contributed by atoms with Crippen molar-refractivity contribution in [2.24, 2.45) is 0 Å². The third-order valence-electron chi connectivity index (χ3n) is 3.26. The Hall–Kier alpha value is -0.120. The van der Waals surface area contributed by atoms with Crippen molar-refractivity contribution in [3.8, 4) is 0 Å². The van der Waals surface area contributed by atoms with Crippen LogP contribution in [0.2, 0.25) is 0 Å². The Morgan fingerprint density at radius 1 is 1.27 bits per heavy atom. The second-order valence-corrected chi connectivity index (χ2v) is 4.99. The summed E-state index contributed by atoms with van der Waals surface area (Å²) >= 11 is 0. The van der Waals surface area contributed by atoms with Gasteiger partial charge in [-0.1, -0.05) is 0 Å². The molecule has 0 aromatic carbocycles. The lowest BCUT2D eigenvalue weighted by atomic mass is 10.1. The molecule has 0 radical (unpaired) electrons. The maximum Gasteiger partial charge on any atom is 0.0678 e. The van der Waals surface area contributed by atoms with Crippen LogP contribution in [0.3, 0.4) is 0 Å². The Morgan fingerprint density at radius 2 is 1.80 bits per heavy atom. The standard InChI is InChI=1S/C12H26N2O/c1-9(13-5)6-10(2)14-7-11(3)15-12(4)8-14/h9-13H,6-8H2,1-5H3. The fourth-order valence-corrected chi connectivity index (χ4v) is 2.36. The van der Waals surface area contributed by atoms with Crippen LogP contribution < -0.4 is 5.32 Å². The molecule has 3 heteroatoms. The number of nitrogens with one attached hydrogen (secondary N) is 1. The summed E-state index contributed by atoms with van der Waals surface area (Å²) in [6, 6.07) is 1.23. The summed E-state index contributed by atoms with van der Waals surface area (Å²) in [5.41, 5.74) is 0. The number of hydrogen-bond acceptors (Lipinski definition) is 3. The Labute approximate surface area is 94.2 Å². The first-order chi connectivity index (χ1) is 7.02. The SMILES string of the molecule is CNC(C)CC(C)N1CC(C)OC(C)C1. The molecule has 1 aliphatic rings. The second kappa shape index (κ2) is 5.83. The third kappa shape index (κ3) is 4.09. The van der Waals surface area contributed by atoms with Crippen molar-refractivity contribution >= 4 is 0 Å². The molecule has 0 aliphatic carbocycles. The van der Waals surface area contributed by atoms with Gasteiger partial charge in [0, 0.05) is 25.2 Å². The summed E-state index contributed by atoms with van der Waals surface area (Å²) in [4.78, 5) is 2.55. The predicted molar refractivity (Wildman–Crippen MR) is 64.2 cm³/mol. The summed E-state index contributed by atoms with van der Waals surface area (Å²) in [5, 5.41) is 3.30. The first kappa shape index (κ1) is 12.9. The highest BCUT2D eigenvalue weighted by Gasteiger charge is 2.26. The van der Waals surface area contributed by atoms with E-state index in [1.54, 1.807) is 0 Å². The van der Waals surface area contributed by atoms with Gasteiger partial charge in [-0.15, -0.1) is 0 Å². The zero-order valence-electron chi connectivity index (χ0n) is 10.8. The Morgan fingerprint density at radius 3 is 2.27 bits per heavy atom. The van der Waals surface area contributed by atoms with E-state index in [0.717, 1.165) is 13.1 Å². The van der Waals surface area contributed by atoms with Crippen LogP contribution in [-0.2, 0) is 4.74 Å². The van der Waals surface area contributed by atoms with Gasteiger partial charge < -0.3 is 10.1 Å². The average Bonchev–Trinajstić information content (AvgIpc) is 2.16. The van der Waals surface area contributed by atoms with Gasteiger partial charge in [0.15, 0.2) is 0 Å². The van der Waals surface area contributed by atoms with E-state index >= 15 is 0 Å². The molecular weight excluding hydrogens is 188 g/mol. The van der Waals surface area contributed by atoms with E-state index in [-0.39, 0.29) is 0 Å². The summed E-state index contributed by atoms with van der Waals surface area (Å²) in [5.74, 6) is 0. The molecule has 0 saturated carbocycles. The van der Waals surface area contributed by atoms with Crippen LogP contribution in [0.1, 0.15) is 34.1 Å². The van der Waals surface area contributed by atoms with Gasteiger partial charge >= 0.3 is 0 Å². The first-order valence-corrected chi connectivity index (χ1v) is 6.09. The van der Waals surface area contributed by atoms with Crippen molar-refractivity contribution in [1.82, 2.24) is 10.2 Å². The quantitative estimate of drug-likeness (QED) is 0.767. The molecule has 1 heterocycles. The number of morpholine rings is 1. The fourth-order valence-electron chi connectivity index (χ4n) is 2.36. The molecule has 1 rings (SSSR count). The van der Waals surface area contributed by atoms with Crippen molar-refractivity contribution in [2.75, 3.05) is 20.1 Å². The highest BCUT2D eigenvalue weighted by Crippen LogP contribution is 2.16. The van der Waals surface area contributed by atoms with E-state index in [1.807, 2.05) is 7.05 Å². The van der Waals surface area contributed by atoms with Crippen LogP contribution in [0.25, 0.3) is 0 Å². The zero-order chi connectivity index (χ0) is 11.4. The van der Waals surface area contributed by atoms with Crippen molar-refractivity contribution < 1.29 is 4.74 Å². The first-order valence-electron chi connectivity index (χ1n) is 6.09. The van der Waals surface area contributed by atoms with E-state index < -0.39 is 0 Å². The number of ether oxygens (including phenoxy) is 1. The highest BCUT2D eigenvalue weighted by molar-refractivity contribution is 4.79.